The van der Waals surface area contributed by atoms with Gasteiger partial charge in [0.2, 0.25) is 5.91 Å². The third kappa shape index (κ3) is 4.45. The number of halogens is 1. The van der Waals surface area contributed by atoms with Crippen LogP contribution in [0.4, 0.5) is 0 Å². The SMILES string of the molecule is COC(=O)CN(C)C(=O)CC(C)(C)CN1C(=O)c2cc3oc(-c4ccc(Cl)cc4)cc3n2C1=S. The summed E-state index contributed by atoms with van der Waals surface area (Å²) in [5.41, 5.74) is 1.96. The minimum atomic E-state index is -0.588. The van der Waals surface area contributed by atoms with Crippen molar-refractivity contribution in [3.05, 3.63) is 47.1 Å². The van der Waals surface area contributed by atoms with E-state index in [4.69, 9.17) is 28.2 Å². The highest BCUT2D eigenvalue weighted by Gasteiger charge is 2.39. The van der Waals surface area contributed by atoms with E-state index in [1.807, 2.05) is 32.0 Å². The molecule has 2 amide bonds. The van der Waals surface area contributed by atoms with E-state index in [-0.39, 0.29) is 31.3 Å². The summed E-state index contributed by atoms with van der Waals surface area (Å²) < 4.78 is 12.3. The molecular formula is C24H24ClN3O5S. The van der Waals surface area contributed by atoms with Gasteiger partial charge in [0.15, 0.2) is 10.7 Å². The monoisotopic (exact) mass is 501 g/mol. The fourth-order valence-corrected chi connectivity index (χ4v) is 4.44. The summed E-state index contributed by atoms with van der Waals surface area (Å²) in [7, 11) is 2.82. The lowest BCUT2D eigenvalue weighted by molar-refractivity contribution is -0.146. The molecule has 0 saturated heterocycles. The van der Waals surface area contributed by atoms with Gasteiger partial charge in [-0.1, -0.05) is 25.4 Å². The Bertz CT molecular complexity index is 1310. The van der Waals surface area contributed by atoms with Crippen molar-refractivity contribution in [3.63, 3.8) is 0 Å². The third-order valence-corrected chi connectivity index (χ3v) is 6.40. The van der Waals surface area contributed by atoms with Crippen molar-refractivity contribution in [2.24, 2.45) is 5.41 Å². The highest BCUT2D eigenvalue weighted by molar-refractivity contribution is 7.80. The molecule has 0 radical (unpaired) electrons. The molecule has 8 nitrogen and oxygen atoms in total. The van der Waals surface area contributed by atoms with Crippen LogP contribution in [0.3, 0.4) is 0 Å². The number of fused-ring (bicyclic) bond motifs is 3. The Morgan fingerprint density at radius 3 is 2.53 bits per heavy atom. The van der Waals surface area contributed by atoms with Crippen LogP contribution in [0, 0.1) is 5.41 Å². The van der Waals surface area contributed by atoms with Gasteiger partial charge in [0.25, 0.3) is 5.91 Å². The standard InChI is InChI=1S/C24H24ClN3O5S/c1-24(2,11-20(29)26(3)12-21(30)32-4)13-27-22(31)17-10-19-16(28(17)23(27)34)9-18(33-19)14-5-7-15(25)8-6-14/h5-10H,11-13H2,1-4H3. The number of methoxy groups -OCH3 is 1. The van der Waals surface area contributed by atoms with Crippen molar-refractivity contribution in [2.45, 2.75) is 20.3 Å². The predicted molar refractivity (Wildman–Crippen MR) is 132 cm³/mol. The number of nitrogens with zero attached hydrogens (tertiary/aromatic N) is 3. The molecule has 1 aromatic carbocycles. The first kappa shape index (κ1) is 24.0. The molecule has 3 heterocycles. The number of aromatic nitrogens is 1. The molecule has 0 atom stereocenters. The molecule has 0 aliphatic carbocycles. The van der Waals surface area contributed by atoms with Gasteiger partial charge in [0, 0.05) is 42.7 Å². The molecule has 0 unspecified atom stereocenters. The van der Waals surface area contributed by atoms with Crippen molar-refractivity contribution >= 4 is 57.8 Å². The Morgan fingerprint density at radius 2 is 1.88 bits per heavy atom. The van der Waals surface area contributed by atoms with Crippen molar-refractivity contribution in [1.29, 1.82) is 0 Å². The molecule has 1 aliphatic heterocycles. The third-order valence-electron chi connectivity index (χ3n) is 5.74. The van der Waals surface area contributed by atoms with Gasteiger partial charge in [0.05, 0.1) is 12.6 Å². The quantitative estimate of drug-likeness (QED) is 0.356. The van der Waals surface area contributed by atoms with Gasteiger partial charge in [-0.25, -0.2) is 0 Å². The number of esters is 1. The van der Waals surface area contributed by atoms with Gasteiger partial charge in [0.1, 0.15) is 18.0 Å². The summed E-state index contributed by atoms with van der Waals surface area (Å²) >= 11 is 11.6. The molecule has 1 aliphatic rings. The van der Waals surface area contributed by atoms with E-state index in [0.29, 0.717) is 32.7 Å². The second-order valence-corrected chi connectivity index (χ2v) is 9.87. The van der Waals surface area contributed by atoms with Crippen LogP contribution in [0.5, 0.6) is 0 Å². The Kier molecular flexibility index (Phi) is 6.26. The fraction of sp³-hybridized carbons (Fsp3) is 0.333. The fourth-order valence-electron chi connectivity index (χ4n) is 3.97. The molecule has 0 spiro atoms. The number of likely N-dealkylation sites (N-methyl/N-ethyl adjacent to an activating group) is 1. The molecule has 2 aromatic heterocycles. The average molecular weight is 502 g/mol. The Balaban J connectivity index is 1.53. The zero-order chi connectivity index (χ0) is 24.8. The summed E-state index contributed by atoms with van der Waals surface area (Å²) in [4.78, 5) is 40.0. The van der Waals surface area contributed by atoms with Gasteiger partial charge in [-0.05, 0) is 41.9 Å². The number of hydrogen-bond acceptors (Lipinski definition) is 6. The van der Waals surface area contributed by atoms with Crippen LogP contribution in [-0.2, 0) is 14.3 Å². The minimum absolute atomic E-state index is 0.129. The first-order chi connectivity index (χ1) is 16.0. The van der Waals surface area contributed by atoms with Crippen LogP contribution in [0.15, 0.2) is 40.8 Å². The number of carbonyl (C=O) groups excluding carboxylic acids is 3. The molecule has 34 heavy (non-hydrogen) atoms. The number of ether oxygens (including phenoxy) is 1. The molecule has 3 aromatic rings. The minimum Gasteiger partial charge on any atom is -0.468 e. The van der Waals surface area contributed by atoms with E-state index >= 15 is 0 Å². The number of thiocarbonyl (C=S) groups is 1. The lowest BCUT2D eigenvalue weighted by atomic mass is 9.88. The number of amides is 2. The first-order valence-corrected chi connectivity index (χ1v) is 11.4. The highest BCUT2D eigenvalue weighted by atomic mass is 35.5. The van der Waals surface area contributed by atoms with Crippen LogP contribution in [0.1, 0.15) is 30.8 Å². The largest absolute Gasteiger partial charge is 0.468 e. The van der Waals surface area contributed by atoms with E-state index in [9.17, 15) is 14.4 Å². The lowest BCUT2D eigenvalue weighted by Gasteiger charge is -2.30. The zero-order valence-electron chi connectivity index (χ0n) is 19.3. The Labute approximate surface area is 207 Å². The highest BCUT2D eigenvalue weighted by Crippen LogP contribution is 2.35. The molecule has 0 fully saturated rings. The van der Waals surface area contributed by atoms with E-state index in [2.05, 4.69) is 4.74 Å². The van der Waals surface area contributed by atoms with E-state index < -0.39 is 11.4 Å². The molecular weight excluding hydrogens is 478 g/mol. The lowest BCUT2D eigenvalue weighted by Crippen LogP contribution is -2.42. The van der Waals surface area contributed by atoms with Gasteiger partial charge < -0.3 is 14.1 Å². The predicted octanol–water partition coefficient (Wildman–Crippen LogP) is 4.19. The molecule has 10 heteroatoms. The van der Waals surface area contributed by atoms with Crippen molar-refractivity contribution in [2.75, 3.05) is 27.2 Å². The van der Waals surface area contributed by atoms with E-state index in [1.54, 1.807) is 29.8 Å². The number of furan rings is 1. The van der Waals surface area contributed by atoms with Crippen LogP contribution < -0.4 is 0 Å². The van der Waals surface area contributed by atoms with Gasteiger partial charge in [-0.15, -0.1) is 0 Å². The van der Waals surface area contributed by atoms with Gasteiger partial charge >= 0.3 is 5.97 Å². The normalized spacial score (nSPS) is 13.5. The second-order valence-electron chi connectivity index (χ2n) is 9.07. The summed E-state index contributed by atoms with van der Waals surface area (Å²) in [5.74, 6) is -0.318. The summed E-state index contributed by atoms with van der Waals surface area (Å²) in [5, 5.41) is 0.964. The molecule has 0 saturated carbocycles. The maximum atomic E-state index is 13.2. The van der Waals surface area contributed by atoms with E-state index in [1.165, 1.54) is 16.9 Å². The maximum Gasteiger partial charge on any atom is 0.325 e. The van der Waals surface area contributed by atoms with Crippen LogP contribution in [0.2, 0.25) is 5.02 Å². The number of rotatable bonds is 7. The number of carbonyl (C=O) groups is 3. The first-order valence-electron chi connectivity index (χ1n) is 10.6. The van der Waals surface area contributed by atoms with Gasteiger partial charge in [-0.3, -0.25) is 23.9 Å². The molecule has 0 bridgehead atoms. The second kappa shape index (κ2) is 8.88. The average Bonchev–Trinajstić information content (AvgIpc) is 3.40. The summed E-state index contributed by atoms with van der Waals surface area (Å²) in [6.45, 7) is 3.87. The zero-order valence-corrected chi connectivity index (χ0v) is 20.8. The molecule has 178 valence electrons. The van der Waals surface area contributed by atoms with Gasteiger partial charge in [-0.2, -0.15) is 0 Å². The number of hydrogen-bond donors (Lipinski definition) is 0. The summed E-state index contributed by atoms with van der Waals surface area (Å²) in [6, 6.07) is 10.8. The maximum absolute atomic E-state index is 13.2. The van der Waals surface area contributed by atoms with Crippen LogP contribution in [0.25, 0.3) is 22.4 Å². The Hall–Kier alpha value is -3.17. The van der Waals surface area contributed by atoms with E-state index in [0.717, 1.165) is 5.56 Å². The topological polar surface area (TPSA) is 85.0 Å². The van der Waals surface area contributed by atoms with Crippen molar-refractivity contribution in [3.8, 4) is 11.3 Å². The van der Waals surface area contributed by atoms with Crippen LogP contribution in [-0.4, -0.2) is 64.5 Å². The van der Waals surface area contributed by atoms with Crippen molar-refractivity contribution < 1.29 is 23.5 Å². The molecule has 0 N–H and O–H groups in total. The van der Waals surface area contributed by atoms with Crippen LogP contribution >= 0.6 is 23.8 Å². The molecule has 4 rings (SSSR count). The van der Waals surface area contributed by atoms with Crippen molar-refractivity contribution in [1.82, 2.24) is 14.4 Å². The summed E-state index contributed by atoms with van der Waals surface area (Å²) in [6.07, 6.45) is 0.129. The Morgan fingerprint density at radius 1 is 1.21 bits per heavy atom. The smallest absolute Gasteiger partial charge is 0.325 e. The number of benzene rings is 1.